The molecule has 9 heteroatoms. The maximum absolute atomic E-state index is 13.4. The Bertz CT molecular complexity index is 1430. The number of halogens is 2. The third kappa shape index (κ3) is 4.30. The smallest absolute Gasteiger partial charge is 0.395 e. The number of hydrogen-bond acceptors (Lipinski definition) is 5. The first-order valence-corrected chi connectivity index (χ1v) is 12.6. The molecule has 0 amide bonds. The minimum atomic E-state index is -3.69. The number of Topliss-reactive ketones (excluding diaryl/α,β-unsaturated/α-hetero) is 1. The first-order chi connectivity index (χ1) is 16.5. The van der Waals surface area contributed by atoms with Gasteiger partial charge < -0.3 is 9.47 Å². The number of rotatable bonds is 7. The van der Waals surface area contributed by atoms with Crippen molar-refractivity contribution in [1.29, 1.82) is 0 Å². The highest BCUT2D eigenvalue weighted by molar-refractivity contribution is 7.89. The van der Waals surface area contributed by atoms with Gasteiger partial charge in [-0.3, -0.25) is 4.79 Å². The molecular formula is C26H23F2NO5S. The highest BCUT2D eigenvalue weighted by atomic mass is 32.2. The van der Waals surface area contributed by atoms with E-state index in [0.717, 1.165) is 22.3 Å². The highest BCUT2D eigenvalue weighted by Crippen LogP contribution is 2.52. The van der Waals surface area contributed by atoms with Crippen LogP contribution in [-0.4, -0.2) is 27.5 Å². The van der Waals surface area contributed by atoms with E-state index in [2.05, 4.69) is 14.2 Å². The largest absolute Gasteiger partial charge is 0.586 e. The Morgan fingerprint density at radius 2 is 1.66 bits per heavy atom. The van der Waals surface area contributed by atoms with Crippen molar-refractivity contribution in [2.75, 3.05) is 7.05 Å². The molecule has 1 N–H and O–H groups in total. The molecule has 5 rings (SSSR count). The van der Waals surface area contributed by atoms with Gasteiger partial charge in [-0.2, -0.15) is 0 Å². The molecule has 0 atom stereocenters. The zero-order valence-electron chi connectivity index (χ0n) is 19.1. The van der Waals surface area contributed by atoms with E-state index in [1.165, 1.54) is 19.2 Å². The molecule has 35 heavy (non-hydrogen) atoms. The zero-order chi connectivity index (χ0) is 25.0. The van der Waals surface area contributed by atoms with Crippen molar-refractivity contribution < 1.29 is 31.5 Å². The van der Waals surface area contributed by atoms with Crippen LogP contribution in [-0.2, 0) is 26.7 Å². The van der Waals surface area contributed by atoms with Crippen LogP contribution in [0.3, 0.4) is 0 Å². The summed E-state index contributed by atoms with van der Waals surface area (Å²) in [5, 5.41) is 0. The minimum absolute atomic E-state index is 0.0249. The van der Waals surface area contributed by atoms with E-state index in [0.29, 0.717) is 18.4 Å². The number of nitrogens with one attached hydrogen (secondary N) is 1. The van der Waals surface area contributed by atoms with Crippen molar-refractivity contribution in [3.63, 3.8) is 0 Å². The lowest BCUT2D eigenvalue weighted by Gasteiger charge is -2.16. The number of sulfonamides is 1. The molecule has 1 fully saturated rings. The molecule has 0 aromatic heterocycles. The molecule has 0 unspecified atom stereocenters. The first kappa shape index (κ1) is 23.4. The fourth-order valence-corrected chi connectivity index (χ4v) is 5.28. The Balaban J connectivity index is 1.34. The maximum Gasteiger partial charge on any atom is 0.586 e. The molecule has 182 valence electrons. The summed E-state index contributed by atoms with van der Waals surface area (Å²) in [6.07, 6.45) is -2.17. The fourth-order valence-electron chi connectivity index (χ4n) is 4.55. The van der Waals surface area contributed by atoms with Gasteiger partial charge in [-0.1, -0.05) is 36.4 Å². The zero-order valence-corrected chi connectivity index (χ0v) is 19.9. The van der Waals surface area contributed by atoms with Crippen LogP contribution < -0.4 is 14.2 Å². The van der Waals surface area contributed by atoms with Crippen molar-refractivity contribution in [3.8, 4) is 22.6 Å². The molecule has 2 aliphatic rings. The van der Waals surface area contributed by atoms with Gasteiger partial charge in [0.15, 0.2) is 11.5 Å². The van der Waals surface area contributed by atoms with E-state index in [4.69, 9.17) is 0 Å². The Kier molecular flexibility index (Phi) is 5.45. The number of carbonyl (C=O) groups is 1. The van der Waals surface area contributed by atoms with E-state index in [1.54, 1.807) is 30.3 Å². The first-order valence-electron chi connectivity index (χ1n) is 11.1. The summed E-state index contributed by atoms with van der Waals surface area (Å²) < 4.78 is 61.9. The van der Waals surface area contributed by atoms with E-state index < -0.39 is 21.7 Å². The molecule has 3 aromatic rings. The minimum Gasteiger partial charge on any atom is -0.395 e. The number of aryl methyl sites for hydroxylation is 1. The van der Waals surface area contributed by atoms with Crippen LogP contribution in [0.15, 0.2) is 65.6 Å². The van der Waals surface area contributed by atoms with Crippen LogP contribution in [0.5, 0.6) is 11.5 Å². The summed E-state index contributed by atoms with van der Waals surface area (Å²) >= 11 is 0. The van der Waals surface area contributed by atoms with E-state index in [9.17, 15) is 22.0 Å². The molecule has 1 aliphatic heterocycles. The normalized spacial score (nSPS) is 17.3. The second kappa shape index (κ2) is 8.13. The number of benzene rings is 3. The van der Waals surface area contributed by atoms with Gasteiger partial charge in [0.1, 0.15) is 5.78 Å². The summed E-state index contributed by atoms with van der Waals surface area (Å²) in [5.74, 6) is -0.0676. The van der Waals surface area contributed by atoms with Gasteiger partial charge in [0, 0.05) is 6.42 Å². The Hall–Kier alpha value is -3.30. The third-order valence-electron chi connectivity index (χ3n) is 6.64. The van der Waals surface area contributed by atoms with Crippen LogP contribution in [0.1, 0.15) is 29.5 Å². The average molecular weight is 500 g/mol. The van der Waals surface area contributed by atoms with Crippen molar-refractivity contribution in [2.45, 2.75) is 42.8 Å². The van der Waals surface area contributed by atoms with E-state index in [1.807, 2.05) is 25.1 Å². The van der Waals surface area contributed by atoms with Crippen LogP contribution in [0.2, 0.25) is 0 Å². The van der Waals surface area contributed by atoms with Crippen molar-refractivity contribution in [3.05, 3.63) is 77.4 Å². The van der Waals surface area contributed by atoms with Gasteiger partial charge >= 0.3 is 6.29 Å². The molecule has 0 radical (unpaired) electrons. The lowest BCUT2D eigenvalue weighted by Crippen LogP contribution is -2.26. The highest BCUT2D eigenvalue weighted by Gasteiger charge is 2.52. The predicted molar refractivity (Wildman–Crippen MR) is 125 cm³/mol. The lowest BCUT2D eigenvalue weighted by atomic mass is 9.87. The Labute approximate surface area is 201 Å². The number of hydrogen-bond donors (Lipinski definition) is 1. The average Bonchev–Trinajstić information content (AvgIpc) is 3.56. The molecule has 1 aliphatic carbocycles. The van der Waals surface area contributed by atoms with Gasteiger partial charge in [-0.25, -0.2) is 13.1 Å². The van der Waals surface area contributed by atoms with E-state index >= 15 is 0 Å². The SMILES string of the molecule is CNS(=O)(=O)c1ccc(-c2ccc(CC(=O)C3(c4ccc5c(c4)OC(F)(F)O5)CC3)cc2C)cc1. The summed E-state index contributed by atoms with van der Waals surface area (Å²) in [7, 11) is -2.14. The molecule has 3 aromatic carbocycles. The fraction of sp³-hybridized carbons (Fsp3) is 0.269. The van der Waals surface area contributed by atoms with Gasteiger partial charge in [0.2, 0.25) is 10.0 Å². The van der Waals surface area contributed by atoms with Gasteiger partial charge in [0.05, 0.1) is 10.3 Å². The predicted octanol–water partition coefficient (Wildman–Crippen LogP) is 4.74. The van der Waals surface area contributed by atoms with Crippen LogP contribution in [0, 0.1) is 6.92 Å². The molecule has 1 saturated carbocycles. The number of alkyl halides is 2. The molecule has 0 spiro atoms. The lowest BCUT2D eigenvalue weighted by molar-refractivity contribution is -0.286. The van der Waals surface area contributed by atoms with Crippen molar-refractivity contribution >= 4 is 15.8 Å². The standard InChI is InChI=1S/C26H23F2NO5S/c1-16-13-17(3-9-21(16)18-4-7-20(8-5-18)35(31,32)29-2)14-24(30)25(11-12-25)19-6-10-22-23(15-19)34-26(27,28)33-22/h3-10,13,15,29H,11-12,14H2,1-2H3. The van der Waals surface area contributed by atoms with Crippen molar-refractivity contribution in [2.24, 2.45) is 0 Å². The Morgan fingerprint density at radius 1 is 0.971 bits per heavy atom. The van der Waals surface area contributed by atoms with Gasteiger partial charge in [-0.15, -0.1) is 8.78 Å². The molecule has 6 nitrogen and oxygen atoms in total. The number of ketones is 1. The van der Waals surface area contributed by atoms with E-state index in [-0.39, 0.29) is 28.6 Å². The molecule has 0 bridgehead atoms. The van der Waals surface area contributed by atoms with Crippen LogP contribution in [0.25, 0.3) is 11.1 Å². The summed E-state index contributed by atoms with van der Waals surface area (Å²) in [6, 6.07) is 16.9. The summed E-state index contributed by atoms with van der Waals surface area (Å²) in [4.78, 5) is 13.5. The second-order valence-corrected chi connectivity index (χ2v) is 10.8. The van der Waals surface area contributed by atoms with Gasteiger partial charge in [0.25, 0.3) is 0 Å². The number of ether oxygens (including phenoxy) is 2. The van der Waals surface area contributed by atoms with Gasteiger partial charge in [-0.05, 0) is 78.9 Å². The third-order valence-corrected chi connectivity index (χ3v) is 8.07. The maximum atomic E-state index is 13.4. The topological polar surface area (TPSA) is 81.7 Å². The quantitative estimate of drug-likeness (QED) is 0.508. The monoisotopic (exact) mass is 499 g/mol. The molecular weight excluding hydrogens is 476 g/mol. The van der Waals surface area contributed by atoms with Crippen LogP contribution >= 0.6 is 0 Å². The second-order valence-electron chi connectivity index (χ2n) is 8.89. The Morgan fingerprint density at radius 3 is 2.29 bits per heavy atom. The number of carbonyl (C=O) groups excluding carboxylic acids is 1. The van der Waals surface area contributed by atoms with Crippen molar-refractivity contribution in [1.82, 2.24) is 4.72 Å². The summed E-state index contributed by atoms with van der Waals surface area (Å²) in [6.45, 7) is 1.94. The number of fused-ring (bicyclic) bond motifs is 1. The van der Waals surface area contributed by atoms with Crippen LogP contribution in [0.4, 0.5) is 8.78 Å². The molecule has 0 saturated heterocycles. The molecule has 1 heterocycles. The summed E-state index contributed by atoms with van der Waals surface area (Å²) in [5.41, 5.74) is 3.57.